The number of methoxy groups -OCH3 is 2. The number of amides is 4. The van der Waals surface area contributed by atoms with Crippen LogP contribution >= 0.6 is 0 Å². The number of nitrogens with one attached hydrogen (secondary N) is 1. The molecule has 4 aromatic rings. The highest BCUT2D eigenvalue weighted by Crippen LogP contribution is 2.44. The molecule has 1 aliphatic heterocycles. The number of fused-ring (bicyclic) bond motifs is 3. The van der Waals surface area contributed by atoms with Crippen LogP contribution in [-0.4, -0.2) is 99.1 Å². The summed E-state index contributed by atoms with van der Waals surface area (Å²) < 4.78 is 11.0. The Morgan fingerprint density at radius 3 is 2.35 bits per heavy atom. The lowest BCUT2D eigenvalue weighted by atomic mass is 9.94. The van der Waals surface area contributed by atoms with E-state index in [2.05, 4.69) is 46.7 Å². The first-order valence-electron chi connectivity index (χ1n) is 21.3. The molecule has 63 heavy (non-hydrogen) atoms. The number of rotatable bonds is 15. The molecule has 1 aromatic heterocycles. The number of allylic oxidation sites excluding steroid dienone is 1. The quantitative estimate of drug-likeness (QED) is 0.0502. The predicted octanol–water partition coefficient (Wildman–Crippen LogP) is 6.63. The predicted molar refractivity (Wildman–Crippen MR) is 242 cm³/mol. The summed E-state index contributed by atoms with van der Waals surface area (Å²) in [4.78, 5) is 64.5. The normalized spacial score (nSPS) is 18.2. The van der Waals surface area contributed by atoms with Gasteiger partial charge in [0.1, 0.15) is 17.9 Å². The number of nitrogens with two attached hydrogens (primary N) is 2. The molecule has 3 aromatic carbocycles. The van der Waals surface area contributed by atoms with Gasteiger partial charge < -0.3 is 30.4 Å². The Labute approximate surface area is 368 Å². The van der Waals surface area contributed by atoms with Crippen LogP contribution in [0.25, 0.3) is 38.7 Å². The first-order chi connectivity index (χ1) is 30.2. The van der Waals surface area contributed by atoms with Crippen molar-refractivity contribution < 1.29 is 28.7 Å². The van der Waals surface area contributed by atoms with Crippen LogP contribution < -0.4 is 17.0 Å². The number of hydrazine groups is 1. The SMILES string of the molecule is CCCN(Cc1ncc(-c2ccc(-c3ccc4cc(/C(C)=C/N=C(C)[C@@H]5[C@H]6CC[C@H](C6)N5C(=O)[C@H](CC#N)N(N)C(=O)OC)ccc4c3)cc2)n1N)C(=O)[C@@H](NC(=O)OC)C(C)C. The average molecular weight is 859 g/mol. The van der Waals surface area contributed by atoms with Crippen LogP contribution in [0.1, 0.15) is 78.1 Å². The molecule has 2 fully saturated rings. The van der Waals surface area contributed by atoms with Crippen LogP contribution in [-0.2, 0) is 25.6 Å². The van der Waals surface area contributed by atoms with E-state index >= 15 is 0 Å². The number of nitrogens with zero attached hydrogens (tertiary/aromatic N) is 7. The van der Waals surface area contributed by atoms with Gasteiger partial charge >= 0.3 is 12.2 Å². The monoisotopic (exact) mass is 858 g/mol. The number of carbonyl (C=O) groups excluding carboxylic acids is 4. The first kappa shape index (κ1) is 45.8. The van der Waals surface area contributed by atoms with Crippen LogP contribution in [0.4, 0.5) is 9.59 Å². The maximum absolute atomic E-state index is 13.9. The number of hydrogen-bond donors (Lipinski definition) is 3. The van der Waals surface area contributed by atoms with Gasteiger partial charge in [0, 0.05) is 30.1 Å². The second kappa shape index (κ2) is 20.0. The molecule has 2 aliphatic rings. The molecule has 2 bridgehead atoms. The van der Waals surface area contributed by atoms with Crippen LogP contribution in [0.3, 0.4) is 0 Å². The van der Waals surface area contributed by atoms with E-state index in [9.17, 15) is 24.4 Å². The fourth-order valence-electron chi connectivity index (χ4n) is 8.83. The third kappa shape index (κ3) is 9.84. The molecule has 1 saturated heterocycles. The summed E-state index contributed by atoms with van der Waals surface area (Å²) >= 11 is 0. The molecular formula is C47H58N10O6. The van der Waals surface area contributed by atoms with E-state index in [-0.39, 0.29) is 48.7 Å². The zero-order valence-corrected chi connectivity index (χ0v) is 37.1. The van der Waals surface area contributed by atoms with Gasteiger partial charge in [0.2, 0.25) is 11.8 Å². The van der Waals surface area contributed by atoms with Gasteiger partial charge in [-0.25, -0.2) is 30.1 Å². The fraction of sp³-hybridized carbons (Fsp3) is 0.426. The van der Waals surface area contributed by atoms with Crippen molar-refractivity contribution in [1.29, 1.82) is 5.26 Å². The number of nitrogen functional groups attached to an aromatic ring is 1. The van der Waals surface area contributed by atoms with Crippen LogP contribution in [0.5, 0.6) is 0 Å². The summed E-state index contributed by atoms with van der Waals surface area (Å²) in [6.07, 6.45) is 5.14. The number of benzene rings is 3. The lowest BCUT2D eigenvalue weighted by Crippen LogP contribution is -2.58. The summed E-state index contributed by atoms with van der Waals surface area (Å²) in [6.45, 7) is 10.3. The Morgan fingerprint density at radius 1 is 1.00 bits per heavy atom. The number of likely N-dealkylation sites (tertiary alicyclic amines) is 1. The second-order valence-electron chi connectivity index (χ2n) is 16.7. The Morgan fingerprint density at radius 2 is 1.68 bits per heavy atom. The van der Waals surface area contributed by atoms with E-state index in [0.29, 0.717) is 29.5 Å². The Bertz CT molecular complexity index is 2440. The van der Waals surface area contributed by atoms with Gasteiger partial charge in [-0.3, -0.25) is 14.6 Å². The Balaban J connectivity index is 1.15. The summed E-state index contributed by atoms with van der Waals surface area (Å²) in [7, 11) is 2.45. The summed E-state index contributed by atoms with van der Waals surface area (Å²) in [6, 6.07) is 20.6. The minimum atomic E-state index is -1.15. The largest absolute Gasteiger partial charge is 0.453 e. The van der Waals surface area contributed by atoms with E-state index in [1.54, 1.807) is 16.0 Å². The highest BCUT2D eigenvalue weighted by molar-refractivity contribution is 5.96. The van der Waals surface area contributed by atoms with E-state index < -0.39 is 24.3 Å². The minimum absolute atomic E-state index is 0.00225. The molecule has 0 spiro atoms. The smallest absolute Gasteiger partial charge is 0.424 e. The molecule has 4 amide bonds. The summed E-state index contributed by atoms with van der Waals surface area (Å²) in [5, 5.41) is 15.0. The number of imidazole rings is 1. The molecule has 0 radical (unpaired) electrons. The van der Waals surface area contributed by atoms with E-state index in [4.69, 9.17) is 26.2 Å². The van der Waals surface area contributed by atoms with Gasteiger partial charge in [-0.2, -0.15) is 5.26 Å². The fourth-order valence-corrected chi connectivity index (χ4v) is 8.83. The van der Waals surface area contributed by atoms with Crippen molar-refractivity contribution in [3.8, 4) is 28.5 Å². The molecular weight excluding hydrogens is 801 g/mol. The summed E-state index contributed by atoms with van der Waals surface area (Å²) in [5.74, 6) is 12.5. The van der Waals surface area contributed by atoms with E-state index in [1.807, 2.05) is 71.2 Å². The lowest BCUT2D eigenvalue weighted by molar-refractivity contribution is -0.139. The highest BCUT2D eigenvalue weighted by Gasteiger charge is 2.51. The van der Waals surface area contributed by atoms with Crippen molar-refractivity contribution in [1.82, 2.24) is 29.8 Å². The third-order valence-corrected chi connectivity index (χ3v) is 12.2. The molecule has 5 N–H and O–H groups in total. The van der Waals surface area contributed by atoms with Crippen molar-refractivity contribution in [2.24, 2.45) is 22.7 Å². The molecule has 1 aliphatic carbocycles. The lowest BCUT2D eigenvalue weighted by Gasteiger charge is -2.38. The van der Waals surface area contributed by atoms with E-state index in [0.717, 1.165) is 63.6 Å². The van der Waals surface area contributed by atoms with Crippen molar-refractivity contribution in [2.75, 3.05) is 26.6 Å². The van der Waals surface area contributed by atoms with Gasteiger partial charge in [0.05, 0.1) is 51.2 Å². The minimum Gasteiger partial charge on any atom is -0.453 e. The van der Waals surface area contributed by atoms with Crippen molar-refractivity contribution in [3.05, 3.63) is 84.4 Å². The number of piperidine rings is 1. The zero-order valence-electron chi connectivity index (χ0n) is 37.1. The number of aliphatic imine (C=N–C) groups is 1. The molecule has 16 heteroatoms. The van der Waals surface area contributed by atoms with Gasteiger partial charge in [-0.1, -0.05) is 69.3 Å². The molecule has 0 unspecified atom stereocenters. The Kier molecular flexibility index (Phi) is 14.5. The highest BCUT2D eigenvalue weighted by atomic mass is 16.5. The van der Waals surface area contributed by atoms with Crippen LogP contribution in [0.2, 0.25) is 0 Å². The third-order valence-electron chi connectivity index (χ3n) is 12.2. The molecule has 1 saturated carbocycles. The molecule has 6 rings (SSSR count). The topological polar surface area (TPSA) is 214 Å². The van der Waals surface area contributed by atoms with Crippen LogP contribution in [0.15, 0.2) is 78.1 Å². The van der Waals surface area contributed by atoms with Gasteiger partial charge in [-0.05, 0) is 96.5 Å². The van der Waals surface area contributed by atoms with Gasteiger partial charge in [-0.15, -0.1) is 0 Å². The average Bonchev–Trinajstić information content (AvgIpc) is 4.02. The number of aromatic nitrogens is 2. The van der Waals surface area contributed by atoms with E-state index in [1.165, 1.54) is 18.9 Å². The van der Waals surface area contributed by atoms with Crippen molar-refractivity contribution in [3.63, 3.8) is 0 Å². The molecule has 16 nitrogen and oxygen atoms in total. The first-order valence-corrected chi connectivity index (χ1v) is 21.3. The van der Waals surface area contributed by atoms with Gasteiger partial charge in [0.15, 0.2) is 0 Å². The number of carbonyl (C=O) groups is 4. The number of ether oxygens (including phenoxy) is 2. The standard InChI is InChI=1S/C47H58N10O6/c1-8-21-54(45(59)42(28(2)3)53-46(60)62-6)27-41-52-26-40(56(41)49)32-11-9-31(10-12-32)34-15-16-35-22-33(13-14-36(35)23-34)29(4)25-51-30(5)43-37-17-18-38(24-37)55(43)44(58)39(19-20-48)57(50)47(61)63-7/h9-16,22-23,25-26,28,37-39,42-43H,8,17-19,21,24,27,49-50H2,1-7H3,(H,53,60)/b29-25+,51-30?/t37-,38+,39-,42-,43+/m0/s1. The number of alkyl carbamates (subject to hydrolysis) is 1. The van der Waals surface area contributed by atoms with Crippen LogP contribution in [0, 0.1) is 23.2 Å². The molecule has 2 heterocycles. The second-order valence-corrected chi connectivity index (χ2v) is 16.7. The summed E-state index contributed by atoms with van der Waals surface area (Å²) in [5.41, 5.74) is 6.42. The van der Waals surface area contributed by atoms with Crippen molar-refractivity contribution >= 4 is 46.1 Å². The van der Waals surface area contributed by atoms with Crippen molar-refractivity contribution in [2.45, 2.75) is 97.4 Å². The Hall–Kier alpha value is -6.73. The number of hydrogen-bond acceptors (Lipinski definition) is 11. The molecule has 5 atom stereocenters. The molecule has 332 valence electrons. The maximum Gasteiger partial charge on any atom is 0.424 e. The maximum atomic E-state index is 13.9. The zero-order chi connectivity index (χ0) is 45.5. The number of nitriles is 1. The van der Waals surface area contributed by atoms with Gasteiger partial charge in [0.25, 0.3) is 0 Å².